The molecule has 0 radical (unpaired) electrons. The summed E-state index contributed by atoms with van der Waals surface area (Å²) in [5.41, 5.74) is 7.82. The lowest BCUT2D eigenvalue weighted by Crippen LogP contribution is -2.46. The number of benzene rings is 3. The van der Waals surface area contributed by atoms with Crippen molar-refractivity contribution in [2.24, 2.45) is 0 Å². The van der Waals surface area contributed by atoms with Crippen molar-refractivity contribution in [3.8, 4) is 17.5 Å². The molecule has 0 bridgehead atoms. The smallest absolute Gasteiger partial charge is 0.333 e. The van der Waals surface area contributed by atoms with Gasteiger partial charge < -0.3 is 43.6 Å². The molecule has 0 fully saturated rings. The summed E-state index contributed by atoms with van der Waals surface area (Å²) < 4.78 is 66.2. The van der Waals surface area contributed by atoms with Crippen molar-refractivity contribution >= 4 is 50.1 Å². The Morgan fingerprint density at radius 3 is 2.18 bits per heavy atom. The summed E-state index contributed by atoms with van der Waals surface area (Å²) in [5.74, 6) is 0.108. The van der Waals surface area contributed by atoms with E-state index in [1.165, 1.54) is 29.8 Å². The Bertz CT molecular complexity index is 2830. The van der Waals surface area contributed by atoms with Crippen LogP contribution in [0.4, 0.5) is 11.4 Å². The predicted molar refractivity (Wildman–Crippen MR) is 274 cm³/mol. The monoisotopic (exact) mass is 992 g/mol. The van der Waals surface area contributed by atoms with Gasteiger partial charge in [-0.25, -0.2) is 4.79 Å². The summed E-state index contributed by atoms with van der Waals surface area (Å²) in [4.78, 5) is 19.7. The molecule has 0 spiro atoms. The van der Waals surface area contributed by atoms with E-state index in [1.807, 2.05) is 68.5 Å². The van der Waals surface area contributed by atoms with E-state index >= 15 is 0 Å². The van der Waals surface area contributed by atoms with E-state index in [0.717, 1.165) is 56.4 Å². The molecule has 0 aliphatic carbocycles. The van der Waals surface area contributed by atoms with Gasteiger partial charge in [0.2, 0.25) is 17.4 Å². The third-order valence-electron chi connectivity index (χ3n) is 12.8. The molecule has 3 aromatic carbocycles. The Labute approximate surface area is 416 Å². The van der Waals surface area contributed by atoms with Gasteiger partial charge in [0.25, 0.3) is 10.1 Å². The summed E-state index contributed by atoms with van der Waals surface area (Å²) in [6.07, 6.45) is 16.3. The first-order valence-corrected chi connectivity index (χ1v) is 25.4. The molecule has 378 valence electrons. The minimum absolute atomic E-state index is 0.0715. The van der Waals surface area contributed by atoms with E-state index in [9.17, 15) is 28.0 Å². The highest BCUT2D eigenvalue weighted by molar-refractivity contribution is 7.85. The van der Waals surface area contributed by atoms with Crippen molar-refractivity contribution in [2.75, 3.05) is 71.3 Å². The summed E-state index contributed by atoms with van der Waals surface area (Å²) in [6.45, 7) is 15.4. The summed E-state index contributed by atoms with van der Waals surface area (Å²) in [5, 5.41) is 19.6. The molecule has 1 aromatic heterocycles. The second kappa shape index (κ2) is 23.3. The second-order valence-corrected chi connectivity index (χ2v) is 20.0. The fraction of sp³-hybridized carbons (Fsp3) is 0.382. The number of ether oxygens (including phenoxy) is 5. The average Bonchev–Trinajstić information content (AvgIpc) is 3.76. The number of fused-ring (bicyclic) bond motifs is 3. The van der Waals surface area contributed by atoms with Gasteiger partial charge in [-0.15, -0.1) is 4.73 Å². The number of anilines is 1. The van der Waals surface area contributed by atoms with Crippen molar-refractivity contribution in [2.45, 2.75) is 76.2 Å². The molecule has 0 amide bonds. The van der Waals surface area contributed by atoms with E-state index in [4.69, 9.17) is 28.5 Å². The summed E-state index contributed by atoms with van der Waals surface area (Å²) in [6, 6.07) is 21.5. The molecule has 15 nitrogen and oxygen atoms in total. The number of allylic oxidation sites excluding steroid dienone is 8. The van der Waals surface area contributed by atoms with E-state index in [1.54, 1.807) is 13.2 Å². The molecule has 71 heavy (non-hydrogen) atoms. The third kappa shape index (κ3) is 12.8. The van der Waals surface area contributed by atoms with Crippen LogP contribution in [0, 0.1) is 0 Å². The maximum atomic E-state index is 12.5. The van der Waals surface area contributed by atoms with Gasteiger partial charge in [0.05, 0.1) is 62.1 Å². The van der Waals surface area contributed by atoms with Crippen molar-refractivity contribution in [3.63, 3.8) is 0 Å². The molecule has 3 aliphatic rings. The zero-order valence-corrected chi connectivity index (χ0v) is 42.2. The molecule has 0 saturated heterocycles. The van der Waals surface area contributed by atoms with Gasteiger partial charge in [-0.3, -0.25) is 4.55 Å². The summed E-state index contributed by atoms with van der Waals surface area (Å²) in [7, 11) is -2.80. The first kappa shape index (κ1) is 52.6. The molecule has 4 heterocycles. The normalized spacial score (nSPS) is 16.5. The number of carbonyl (C=O) groups is 1. The minimum atomic E-state index is -4.45. The number of hydrogen-bond donors (Lipinski definition) is 3. The van der Waals surface area contributed by atoms with Crippen LogP contribution in [-0.4, -0.2) is 116 Å². The number of carbonyl (C=O) groups excluding carboxylic acids is 1. The van der Waals surface area contributed by atoms with Crippen LogP contribution in [0.25, 0.3) is 16.9 Å². The van der Waals surface area contributed by atoms with Gasteiger partial charge in [-0.2, -0.15) is 13.0 Å². The van der Waals surface area contributed by atoms with Crippen molar-refractivity contribution in [1.29, 1.82) is 0 Å². The highest BCUT2D eigenvalue weighted by Gasteiger charge is 2.45. The van der Waals surface area contributed by atoms with Gasteiger partial charge in [-0.05, 0) is 82.9 Å². The number of aromatic hydroxyl groups is 2. The molecule has 3 N–H and O–H groups in total. The standard InChI is InChI=1S/C55H65N3O12S/c1-39-38-54(2,3)57(26-27-66-30-31-68-33-32-67-29-28-65-6)47-37-49-44(36-43(39)47)41(34-48(69-49)40-16-10-7-11-17-40)18-12-8-13-19-50-55(4,5)45-35-42(71(62,63)64)21-22-46(45)56(50)25-15-9-14-20-53(61)70-58-51(59)23-24-52(58)60/h7-8,10-13,16-19,21-24,34-38H,9,14-15,20,25-33H2,1-6H3,(H2-,59,60,62,63,64)/p+1. The Morgan fingerprint density at radius 2 is 1.49 bits per heavy atom. The molecule has 16 heteroatoms. The van der Waals surface area contributed by atoms with Crippen LogP contribution in [0.15, 0.2) is 120 Å². The van der Waals surface area contributed by atoms with Crippen LogP contribution >= 0.6 is 0 Å². The molecule has 0 atom stereocenters. The molecule has 4 aromatic rings. The van der Waals surface area contributed by atoms with Crippen LogP contribution in [0.5, 0.6) is 17.5 Å². The Morgan fingerprint density at radius 1 is 0.803 bits per heavy atom. The number of aromatic nitrogens is 1. The average molecular weight is 993 g/mol. The van der Waals surface area contributed by atoms with Gasteiger partial charge >= 0.3 is 5.97 Å². The largest absolute Gasteiger partial charge is 0.492 e. The fourth-order valence-corrected chi connectivity index (χ4v) is 9.70. The lowest BCUT2D eigenvalue weighted by atomic mass is 9.81. The zero-order chi connectivity index (χ0) is 50.8. The molecule has 0 saturated carbocycles. The fourth-order valence-electron chi connectivity index (χ4n) is 9.20. The van der Waals surface area contributed by atoms with Crippen LogP contribution in [-0.2, 0) is 39.3 Å². The maximum Gasteiger partial charge on any atom is 0.333 e. The van der Waals surface area contributed by atoms with Crippen LogP contribution < -0.4 is 14.5 Å². The van der Waals surface area contributed by atoms with Gasteiger partial charge in [0.15, 0.2) is 5.71 Å². The highest BCUT2D eigenvalue weighted by Crippen LogP contribution is 2.47. The minimum Gasteiger partial charge on any atom is -0.492 e. The van der Waals surface area contributed by atoms with E-state index in [2.05, 4.69) is 60.6 Å². The number of unbranched alkanes of at least 4 members (excludes halogenated alkanes) is 2. The molecule has 0 unspecified atom stereocenters. The first-order valence-electron chi connectivity index (χ1n) is 24.0. The number of hydrogen-bond acceptors (Lipinski definition) is 12. The Hall–Kier alpha value is -6.27. The number of rotatable bonds is 24. The number of methoxy groups -OCH3 is 1. The van der Waals surface area contributed by atoms with E-state index in [-0.39, 0.29) is 28.6 Å². The quantitative estimate of drug-likeness (QED) is 0.0262. The predicted octanol–water partition coefficient (Wildman–Crippen LogP) is 9.07. The topological polar surface area (TPSA) is 178 Å². The highest BCUT2D eigenvalue weighted by atomic mass is 32.2. The zero-order valence-electron chi connectivity index (χ0n) is 41.4. The third-order valence-corrected chi connectivity index (χ3v) is 13.6. The Kier molecular flexibility index (Phi) is 17.3. The molecule has 7 rings (SSSR count). The summed E-state index contributed by atoms with van der Waals surface area (Å²) >= 11 is 0. The van der Waals surface area contributed by atoms with E-state index in [0.29, 0.717) is 83.3 Å². The lowest BCUT2D eigenvalue weighted by Gasteiger charge is -2.44. The van der Waals surface area contributed by atoms with Gasteiger partial charge in [0, 0.05) is 84.8 Å². The SMILES string of the molecule is COCCOCCOCCOCCN1c2cc3c(cc2C(C)=CC1(C)C)C(=CC=CC=CC1=[N+](CCCCCC(=O)On2c(O)ccc2O)c2ccc(S(=O)(=O)O)cc2C1(C)C)C=C(c1ccccc1)O3. The van der Waals surface area contributed by atoms with Gasteiger partial charge in [-0.1, -0.05) is 60.7 Å². The Balaban J connectivity index is 1.10. The molecular formula is C55H66N3O12S+. The maximum absolute atomic E-state index is 12.5. The van der Waals surface area contributed by atoms with E-state index < -0.39 is 21.5 Å². The van der Waals surface area contributed by atoms with Crippen LogP contribution in [0.2, 0.25) is 0 Å². The molecular weight excluding hydrogens is 927 g/mol. The van der Waals surface area contributed by atoms with Crippen LogP contribution in [0.1, 0.15) is 82.6 Å². The van der Waals surface area contributed by atoms with Crippen molar-refractivity contribution < 1.29 is 61.1 Å². The first-order chi connectivity index (χ1) is 34.0. The second-order valence-electron chi connectivity index (χ2n) is 18.6. The lowest BCUT2D eigenvalue weighted by molar-refractivity contribution is -0.438. The van der Waals surface area contributed by atoms with Crippen molar-refractivity contribution in [3.05, 3.63) is 138 Å². The van der Waals surface area contributed by atoms with Crippen molar-refractivity contribution in [1.82, 2.24) is 4.73 Å². The van der Waals surface area contributed by atoms with Crippen LogP contribution in [0.3, 0.4) is 0 Å². The number of nitrogens with zero attached hydrogens (tertiary/aromatic N) is 3. The molecule has 3 aliphatic heterocycles. The van der Waals surface area contributed by atoms with Gasteiger partial charge in [0.1, 0.15) is 18.1 Å².